The van der Waals surface area contributed by atoms with Gasteiger partial charge in [-0.25, -0.2) is 4.79 Å². The van der Waals surface area contributed by atoms with E-state index in [9.17, 15) is 4.79 Å². The number of aryl methyl sites for hydroxylation is 1. The maximum atomic E-state index is 13.1. The lowest BCUT2D eigenvalue weighted by molar-refractivity contribution is 0.0598. The van der Waals surface area contributed by atoms with E-state index in [4.69, 9.17) is 33.5 Å². The molecule has 0 spiro atoms. The first-order valence-corrected chi connectivity index (χ1v) is 14.2. The van der Waals surface area contributed by atoms with Gasteiger partial charge in [-0.2, -0.15) is 0 Å². The summed E-state index contributed by atoms with van der Waals surface area (Å²) in [6, 6.07) is 21.3. The lowest BCUT2D eigenvalue weighted by Crippen LogP contribution is -2.35. The molecular weight excluding hydrogens is 548 g/mol. The molecular formula is C35H36O8. The molecule has 8 nitrogen and oxygen atoms in total. The number of aliphatic hydroxyl groups is 1. The van der Waals surface area contributed by atoms with Crippen molar-refractivity contribution in [2.45, 2.75) is 19.4 Å². The Morgan fingerprint density at radius 1 is 0.907 bits per heavy atom. The summed E-state index contributed by atoms with van der Waals surface area (Å²) in [7, 11) is 3.00. The van der Waals surface area contributed by atoms with E-state index in [0.29, 0.717) is 53.9 Å². The smallest absolute Gasteiger partial charge is 0.338 e. The number of fused-ring (bicyclic) bond motifs is 3. The van der Waals surface area contributed by atoms with Crippen molar-refractivity contribution in [3.63, 3.8) is 0 Å². The van der Waals surface area contributed by atoms with Gasteiger partial charge in [0.1, 0.15) is 29.6 Å². The van der Waals surface area contributed by atoms with Gasteiger partial charge in [0, 0.05) is 28.1 Å². The van der Waals surface area contributed by atoms with Crippen LogP contribution in [0.4, 0.5) is 0 Å². The van der Waals surface area contributed by atoms with E-state index < -0.39 is 11.6 Å². The molecule has 4 aromatic carbocycles. The second-order valence-corrected chi connectivity index (χ2v) is 9.96. The van der Waals surface area contributed by atoms with Gasteiger partial charge in [0.25, 0.3) is 0 Å². The van der Waals surface area contributed by atoms with Crippen LogP contribution in [-0.2, 0) is 15.1 Å². The van der Waals surface area contributed by atoms with E-state index >= 15 is 0 Å². The van der Waals surface area contributed by atoms with E-state index in [1.54, 1.807) is 7.11 Å². The van der Waals surface area contributed by atoms with Crippen LogP contribution >= 0.6 is 0 Å². The molecule has 1 atom stereocenters. The number of ether oxygens (including phenoxy) is 6. The van der Waals surface area contributed by atoms with Gasteiger partial charge in [0.15, 0.2) is 5.60 Å². The molecule has 8 heteroatoms. The van der Waals surface area contributed by atoms with Crippen LogP contribution in [0.5, 0.6) is 23.0 Å². The fourth-order valence-electron chi connectivity index (χ4n) is 5.49. The Bertz CT molecular complexity index is 1630. The van der Waals surface area contributed by atoms with Crippen molar-refractivity contribution in [3.05, 3.63) is 101 Å². The average molecular weight is 585 g/mol. The minimum atomic E-state index is -1.11. The van der Waals surface area contributed by atoms with E-state index in [2.05, 4.69) is 0 Å². The third kappa shape index (κ3) is 5.76. The number of hydrogen-bond donors (Lipinski definition) is 1. The van der Waals surface area contributed by atoms with E-state index in [1.165, 1.54) is 7.11 Å². The Labute approximate surface area is 251 Å². The van der Waals surface area contributed by atoms with Crippen molar-refractivity contribution in [2.24, 2.45) is 0 Å². The third-order valence-electron chi connectivity index (χ3n) is 7.49. The molecule has 5 rings (SSSR count). The molecule has 1 heterocycles. The zero-order valence-electron chi connectivity index (χ0n) is 24.8. The molecule has 0 aliphatic carbocycles. The standard InChI is InChI=1S/C35H36O8/c1-5-41-31-22-26(42-20-19-40-18-17-36)12-14-30(31)35(24-9-7-6-8-10-24)16-15-28-32(34(37)39-4)23(2)27-13-11-25(38-3)21-29(27)33(28)43-35/h6-16,21-22,36H,5,17-20H2,1-4H3. The van der Waals surface area contributed by atoms with Crippen LogP contribution in [0.15, 0.2) is 72.8 Å². The van der Waals surface area contributed by atoms with Crippen LogP contribution in [0.3, 0.4) is 0 Å². The maximum absolute atomic E-state index is 13.1. The summed E-state index contributed by atoms with van der Waals surface area (Å²) in [5.74, 6) is 1.97. The van der Waals surface area contributed by atoms with Crippen LogP contribution in [0.25, 0.3) is 16.8 Å². The number of hydrogen-bond acceptors (Lipinski definition) is 8. The third-order valence-corrected chi connectivity index (χ3v) is 7.49. The number of carbonyl (C=O) groups excluding carboxylic acids is 1. The zero-order chi connectivity index (χ0) is 30.4. The minimum Gasteiger partial charge on any atom is -0.497 e. The Morgan fingerprint density at radius 2 is 1.70 bits per heavy atom. The van der Waals surface area contributed by atoms with Crippen LogP contribution in [-0.4, -0.2) is 58.3 Å². The van der Waals surface area contributed by atoms with Gasteiger partial charge < -0.3 is 33.5 Å². The summed E-state index contributed by atoms with van der Waals surface area (Å²) < 4.78 is 35.3. The lowest BCUT2D eigenvalue weighted by Gasteiger charge is -2.38. The Morgan fingerprint density at radius 3 is 2.42 bits per heavy atom. The number of rotatable bonds is 12. The second kappa shape index (κ2) is 13.2. The van der Waals surface area contributed by atoms with Crippen molar-refractivity contribution in [2.75, 3.05) is 47.3 Å². The minimum absolute atomic E-state index is 0.0375. The Kier molecular flexibility index (Phi) is 9.19. The first kappa shape index (κ1) is 29.9. The highest BCUT2D eigenvalue weighted by atomic mass is 16.5. The summed E-state index contributed by atoms with van der Waals surface area (Å²) in [6.07, 6.45) is 3.90. The lowest BCUT2D eigenvalue weighted by atomic mass is 9.81. The van der Waals surface area contributed by atoms with Crippen molar-refractivity contribution >= 4 is 22.8 Å². The van der Waals surface area contributed by atoms with Gasteiger partial charge >= 0.3 is 5.97 Å². The molecule has 1 aliphatic rings. The molecule has 224 valence electrons. The van der Waals surface area contributed by atoms with Crippen LogP contribution < -0.4 is 18.9 Å². The predicted octanol–water partition coefficient (Wildman–Crippen LogP) is 6.08. The monoisotopic (exact) mass is 584 g/mol. The summed E-state index contributed by atoms with van der Waals surface area (Å²) in [5.41, 5.74) is 2.41. The fraction of sp³-hybridized carbons (Fsp3) is 0.286. The van der Waals surface area contributed by atoms with Crippen LogP contribution in [0.1, 0.15) is 39.5 Å². The second-order valence-electron chi connectivity index (χ2n) is 9.96. The predicted molar refractivity (Wildman–Crippen MR) is 164 cm³/mol. The van der Waals surface area contributed by atoms with Gasteiger partial charge in [-0.15, -0.1) is 0 Å². The van der Waals surface area contributed by atoms with Crippen molar-refractivity contribution in [1.29, 1.82) is 0 Å². The van der Waals surface area contributed by atoms with Crippen molar-refractivity contribution in [3.8, 4) is 23.0 Å². The van der Waals surface area contributed by atoms with Gasteiger partial charge in [-0.1, -0.05) is 36.4 Å². The summed E-state index contributed by atoms with van der Waals surface area (Å²) in [4.78, 5) is 13.1. The molecule has 0 radical (unpaired) electrons. The van der Waals surface area contributed by atoms with Crippen molar-refractivity contribution < 1.29 is 38.3 Å². The molecule has 1 N–H and O–H groups in total. The van der Waals surface area contributed by atoms with E-state index in [-0.39, 0.29) is 13.2 Å². The molecule has 43 heavy (non-hydrogen) atoms. The number of esters is 1. The van der Waals surface area contributed by atoms with E-state index in [0.717, 1.165) is 27.5 Å². The first-order chi connectivity index (χ1) is 21.0. The topological polar surface area (TPSA) is 92.7 Å². The first-order valence-electron chi connectivity index (χ1n) is 14.2. The largest absolute Gasteiger partial charge is 0.497 e. The number of aliphatic hydroxyl groups excluding tert-OH is 1. The van der Waals surface area contributed by atoms with E-state index in [1.807, 2.05) is 92.7 Å². The number of benzene rings is 4. The molecule has 4 aromatic rings. The molecule has 1 unspecified atom stereocenters. The van der Waals surface area contributed by atoms with Crippen molar-refractivity contribution in [1.82, 2.24) is 0 Å². The molecule has 0 aromatic heterocycles. The molecule has 0 amide bonds. The summed E-state index contributed by atoms with van der Waals surface area (Å²) in [6.45, 7) is 5.15. The molecule has 1 aliphatic heterocycles. The normalized spacial score (nSPS) is 15.5. The summed E-state index contributed by atoms with van der Waals surface area (Å²) in [5, 5.41) is 10.6. The average Bonchev–Trinajstić information content (AvgIpc) is 3.05. The highest BCUT2D eigenvalue weighted by Gasteiger charge is 2.41. The SMILES string of the molecule is CCOc1cc(OCCOCCO)ccc1C1(c2ccccc2)C=Cc2c(C(=O)OC)c(C)c3ccc(OC)cc3c2O1. The van der Waals surface area contributed by atoms with Gasteiger partial charge in [0.05, 0.1) is 46.2 Å². The molecule has 0 fully saturated rings. The Hall–Kier alpha value is -4.53. The zero-order valence-corrected chi connectivity index (χ0v) is 24.8. The summed E-state index contributed by atoms with van der Waals surface area (Å²) >= 11 is 0. The van der Waals surface area contributed by atoms with Crippen LogP contribution in [0.2, 0.25) is 0 Å². The highest BCUT2D eigenvalue weighted by Crippen LogP contribution is 2.50. The highest BCUT2D eigenvalue weighted by molar-refractivity contribution is 6.06. The molecule has 0 saturated carbocycles. The van der Waals surface area contributed by atoms with Gasteiger partial charge in [-0.3, -0.25) is 0 Å². The number of carbonyl (C=O) groups is 1. The van der Waals surface area contributed by atoms with Gasteiger partial charge in [0.2, 0.25) is 0 Å². The Balaban J connectivity index is 1.71. The molecule has 0 saturated heterocycles. The fourth-order valence-corrected chi connectivity index (χ4v) is 5.49. The van der Waals surface area contributed by atoms with Crippen LogP contribution in [0, 0.1) is 6.92 Å². The molecule has 0 bridgehead atoms. The number of methoxy groups -OCH3 is 2. The maximum Gasteiger partial charge on any atom is 0.338 e. The van der Waals surface area contributed by atoms with Gasteiger partial charge in [-0.05, 0) is 61.2 Å². The quantitative estimate of drug-likeness (QED) is 0.158.